The minimum absolute atomic E-state index is 0.0762. The summed E-state index contributed by atoms with van der Waals surface area (Å²) >= 11 is 0. The summed E-state index contributed by atoms with van der Waals surface area (Å²) in [7, 11) is 5.29. The highest BCUT2D eigenvalue weighted by molar-refractivity contribution is 6.03. The standard InChI is InChI=1S/C33H48N4O5/c1-9-12-28(26-15-13-23(4)14-16-26)34-31(39)37-29(38)33(10-2,11-3)30(37)42-27-19-17-25(18-20-27)24(5)36(8)21-22-41-32(40)35(6)7/h13-20,24,28,30H,9-12,21-22H2,1-8H3,(H,34,39)/t24-,28?,30?/m0/s1. The number of β-lactam (4-membered cyclic amide) rings is 1. The van der Waals surface area contributed by atoms with E-state index in [4.69, 9.17) is 9.47 Å². The Kier molecular flexibility index (Phi) is 11.4. The molecule has 0 bridgehead atoms. The van der Waals surface area contributed by atoms with E-state index in [-0.39, 0.29) is 24.1 Å². The number of amides is 4. The van der Waals surface area contributed by atoms with Crippen molar-refractivity contribution in [3.05, 3.63) is 65.2 Å². The van der Waals surface area contributed by atoms with Crippen LogP contribution in [0.4, 0.5) is 9.59 Å². The van der Waals surface area contributed by atoms with Gasteiger partial charge in [0.2, 0.25) is 5.91 Å². The van der Waals surface area contributed by atoms with E-state index in [2.05, 4.69) is 24.1 Å². The predicted octanol–water partition coefficient (Wildman–Crippen LogP) is 6.29. The summed E-state index contributed by atoms with van der Waals surface area (Å²) in [5.41, 5.74) is 2.49. The number of aryl methyl sites for hydroxylation is 1. The number of hydrogen-bond donors (Lipinski definition) is 1. The maximum atomic E-state index is 13.5. The summed E-state index contributed by atoms with van der Waals surface area (Å²) < 4.78 is 11.6. The van der Waals surface area contributed by atoms with Gasteiger partial charge in [0.15, 0.2) is 6.23 Å². The molecule has 1 heterocycles. The first-order valence-corrected chi connectivity index (χ1v) is 15.0. The first kappa shape index (κ1) is 32.9. The fourth-order valence-corrected chi connectivity index (χ4v) is 5.34. The van der Waals surface area contributed by atoms with Crippen LogP contribution in [0.3, 0.4) is 0 Å². The Hall–Kier alpha value is -3.59. The molecular weight excluding hydrogens is 532 g/mol. The Balaban J connectivity index is 1.71. The monoisotopic (exact) mass is 580 g/mol. The zero-order valence-electron chi connectivity index (χ0n) is 26.5. The zero-order chi connectivity index (χ0) is 31.0. The normalized spacial score (nSPS) is 17.3. The number of benzene rings is 2. The minimum Gasteiger partial charge on any atom is -0.469 e. The minimum atomic E-state index is -0.752. The van der Waals surface area contributed by atoms with Crippen LogP contribution in [-0.4, -0.2) is 73.3 Å². The fraction of sp³-hybridized carbons (Fsp3) is 0.545. The van der Waals surface area contributed by atoms with Gasteiger partial charge in [-0.1, -0.05) is 69.2 Å². The Labute approximate surface area is 251 Å². The fourth-order valence-electron chi connectivity index (χ4n) is 5.34. The molecule has 4 amide bonds. The molecule has 2 aromatic carbocycles. The third kappa shape index (κ3) is 7.24. The molecule has 1 saturated heterocycles. The summed E-state index contributed by atoms with van der Waals surface area (Å²) in [5, 5.41) is 3.10. The summed E-state index contributed by atoms with van der Waals surface area (Å²) in [6, 6.07) is 15.3. The molecule has 3 atom stereocenters. The van der Waals surface area contributed by atoms with Gasteiger partial charge in [-0.15, -0.1) is 0 Å². The van der Waals surface area contributed by atoms with Crippen molar-refractivity contribution in [1.82, 2.24) is 20.0 Å². The van der Waals surface area contributed by atoms with Crippen molar-refractivity contribution >= 4 is 18.0 Å². The van der Waals surface area contributed by atoms with Crippen molar-refractivity contribution in [2.45, 2.75) is 78.6 Å². The lowest BCUT2D eigenvalue weighted by Gasteiger charge is -2.53. The van der Waals surface area contributed by atoms with Gasteiger partial charge in [-0.05, 0) is 63.4 Å². The van der Waals surface area contributed by atoms with Crippen LogP contribution < -0.4 is 10.1 Å². The zero-order valence-corrected chi connectivity index (χ0v) is 26.5. The number of carbonyl (C=O) groups excluding carboxylic acids is 3. The van der Waals surface area contributed by atoms with Gasteiger partial charge in [0, 0.05) is 26.7 Å². The second kappa shape index (κ2) is 14.5. The van der Waals surface area contributed by atoms with Crippen molar-refractivity contribution in [1.29, 1.82) is 0 Å². The van der Waals surface area contributed by atoms with Crippen LogP contribution in [0.15, 0.2) is 48.5 Å². The molecule has 1 aliphatic heterocycles. The largest absolute Gasteiger partial charge is 0.469 e. The van der Waals surface area contributed by atoms with Gasteiger partial charge in [0.1, 0.15) is 17.8 Å². The molecule has 42 heavy (non-hydrogen) atoms. The van der Waals surface area contributed by atoms with Gasteiger partial charge in [0.05, 0.1) is 6.04 Å². The Morgan fingerprint density at radius 3 is 2.12 bits per heavy atom. The van der Waals surface area contributed by atoms with Crippen LogP contribution in [0.25, 0.3) is 0 Å². The summed E-state index contributed by atoms with van der Waals surface area (Å²) in [5.74, 6) is 0.398. The highest BCUT2D eigenvalue weighted by Gasteiger charge is 2.63. The Morgan fingerprint density at radius 2 is 1.57 bits per heavy atom. The van der Waals surface area contributed by atoms with Gasteiger partial charge in [0.25, 0.3) is 0 Å². The van der Waals surface area contributed by atoms with Gasteiger partial charge in [-0.2, -0.15) is 0 Å². The molecule has 3 rings (SSSR count). The van der Waals surface area contributed by atoms with Crippen LogP contribution in [0.5, 0.6) is 5.75 Å². The summed E-state index contributed by atoms with van der Waals surface area (Å²) in [4.78, 5) is 43.4. The topological polar surface area (TPSA) is 91.4 Å². The third-order valence-electron chi connectivity index (χ3n) is 8.49. The van der Waals surface area contributed by atoms with Crippen LogP contribution in [0, 0.1) is 12.3 Å². The average molecular weight is 581 g/mol. The molecule has 0 saturated carbocycles. The van der Waals surface area contributed by atoms with Crippen molar-refractivity contribution in [2.24, 2.45) is 5.41 Å². The molecular formula is C33H48N4O5. The van der Waals surface area contributed by atoms with Crippen LogP contribution in [-0.2, 0) is 9.53 Å². The highest BCUT2D eigenvalue weighted by atomic mass is 16.6. The van der Waals surface area contributed by atoms with E-state index in [0.717, 1.165) is 29.5 Å². The molecule has 9 nitrogen and oxygen atoms in total. The maximum Gasteiger partial charge on any atom is 0.409 e. The van der Waals surface area contributed by atoms with Crippen LogP contribution in [0.2, 0.25) is 0 Å². The molecule has 230 valence electrons. The number of likely N-dealkylation sites (tertiary alicyclic amines) is 1. The van der Waals surface area contributed by atoms with Crippen molar-refractivity contribution in [2.75, 3.05) is 34.3 Å². The lowest BCUT2D eigenvalue weighted by molar-refractivity contribution is -0.191. The smallest absolute Gasteiger partial charge is 0.409 e. The molecule has 1 aliphatic rings. The van der Waals surface area contributed by atoms with Crippen molar-refractivity contribution in [3.63, 3.8) is 0 Å². The van der Waals surface area contributed by atoms with E-state index < -0.39 is 17.7 Å². The van der Waals surface area contributed by atoms with E-state index in [1.54, 1.807) is 14.1 Å². The first-order valence-electron chi connectivity index (χ1n) is 15.0. The van der Waals surface area contributed by atoms with Gasteiger partial charge >= 0.3 is 12.1 Å². The molecule has 0 aromatic heterocycles. The molecule has 0 radical (unpaired) electrons. The van der Waals surface area contributed by atoms with E-state index in [1.807, 2.05) is 76.3 Å². The van der Waals surface area contributed by atoms with Crippen LogP contribution in [0.1, 0.15) is 82.2 Å². The molecule has 1 N–H and O–H groups in total. The van der Waals surface area contributed by atoms with Gasteiger partial charge in [-0.3, -0.25) is 9.69 Å². The number of carbonyl (C=O) groups is 3. The number of urea groups is 1. The van der Waals surface area contributed by atoms with Crippen LogP contribution >= 0.6 is 0 Å². The maximum absolute atomic E-state index is 13.5. The molecule has 2 aromatic rings. The van der Waals surface area contributed by atoms with E-state index >= 15 is 0 Å². The molecule has 0 aliphatic carbocycles. The highest BCUT2D eigenvalue weighted by Crippen LogP contribution is 2.46. The molecule has 2 unspecified atom stereocenters. The van der Waals surface area contributed by atoms with E-state index in [0.29, 0.717) is 31.7 Å². The van der Waals surface area contributed by atoms with Gasteiger partial charge in [-0.25, -0.2) is 14.5 Å². The number of hydrogen-bond acceptors (Lipinski definition) is 6. The third-order valence-corrected chi connectivity index (χ3v) is 8.49. The van der Waals surface area contributed by atoms with Crippen molar-refractivity contribution in [3.8, 4) is 5.75 Å². The van der Waals surface area contributed by atoms with Gasteiger partial charge < -0.3 is 19.7 Å². The Bertz CT molecular complexity index is 1190. The number of nitrogens with zero attached hydrogens (tertiary/aromatic N) is 3. The quantitative estimate of drug-likeness (QED) is 0.280. The number of imide groups is 1. The number of ether oxygens (including phenoxy) is 2. The lowest BCUT2D eigenvalue weighted by Crippen LogP contribution is -2.73. The number of likely N-dealkylation sites (N-methyl/N-ethyl adjacent to an activating group) is 1. The second-order valence-electron chi connectivity index (χ2n) is 11.4. The first-order chi connectivity index (χ1) is 20.0. The molecule has 1 fully saturated rings. The van der Waals surface area contributed by atoms with E-state index in [1.165, 1.54) is 9.80 Å². The summed E-state index contributed by atoms with van der Waals surface area (Å²) in [6.45, 7) is 11.0. The molecule has 9 heteroatoms. The van der Waals surface area contributed by atoms with E-state index in [9.17, 15) is 14.4 Å². The number of nitrogens with one attached hydrogen (secondary N) is 1. The second-order valence-corrected chi connectivity index (χ2v) is 11.4. The molecule has 0 spiro atoms. The number of rotatable bonds is 13. The van der Waals surface area contributed by atoms with Crippen molar-refractivity contribution < 1.29 is 23.9 Å². The average Bonchev–Trinajstić information content (AvgIpc) is 2.97. The summed E-state index contributed by atoms with van der Waals surface area (Å²) in [6.07, 6.45) is 1.75. The lowest BCUT2D eigenvalue weighted by atomic mass is 9.72. The predicted molar refractivity (Wildman–Crippen MR) is 164 cm³/mol. The SMILES string of the molecule is CCCC(NC(=O)N1C(=O)C(CC)(CC)C1Oc1ccc([C@H](C)N(C)CCOC(=O)N(C)C)cc1)c1ccc(C)cc1. The Morgan fingerprint density at radius 1 is 0.976 bits per heavy atom.